The van der Waals surface area contributed by atoms with Crippen LogP contribution in [0.3, 0.4) is 0 Å². The molecule has 7 nitrogen and oxygen atoms in total. The predicted octanol–water partition coefficient (Wildman–Crippen LogP) is 0.811. The first-order chi connectivity index (χ1) is 15.5. The van der Waals surface area contributed by atoms with E-state index in [0.29, 0.717) is 5.95 Å². The Labute approximate surface area is 190 Å². The van der Waals surface area contributed by atoms with Crippen molar-refractivity contribution in [1.82, 2.24) is 15.0 Å². The third-order valence-electron chi connectivity index (χ3n) is 5.92. The first-order valence-corrected chi connectivity index (χ1v) is 11.3. The van der Waals surface area contributed by atoms with E-state index in [0.717, 1.165) is 56.3 Å². The number of aryl methyl sites for hydroxylation is 2. The molecule has 0 spiro atoms. The first kappa shape index (κ1) is 21.9. The molecule has 7 heteroatoms. The van der Waals surface area contributed by atoms with Gasteiger partial charge in [0.25, 0.3) is 0 Å². The van der Waals surface area contributed by atoms with Crippen molar-refractivity contribution in [1.29, 1.82) is 0 Å². The lowest BCUT2D eigenvalue weighted by Gasteiger charge is -2.28. The van der Waals surface area contributed by atoms with E-state index in [-0.39, 0.29) is 5.95 Å². The van der Waals surface area contributed by atoms with Gasteiger partial charge < -0.3 is 20.9 Å². The van der Waals surface area contributed by atoms with Crippen molar-refractivity contribution in [3.05, 3.63) is 77.1 Å². The molecule has 1 aromatic heterocycles. The average Bonchev–Trinajstić information content (AvgIpc) is 2.77. The van der Waals surface area contributed by atoms with Gasteiger partial charge in [-0.05, 0) is 37.1 Å². The molecule has 32 heavy (non-hydrogen) atoms. The minimum atomic E-state index is 0.261. The second kappa shape index (κ2) is 10.3. The number of benzene rings is 2. The van der Waals surface area contributed by atoms with Crippen LogP contribution in [0.1, 0.15) is 22.5 Å². The number of anilines is 3. The number of hydrogen-bond acceptors (Lipinski definition) is 5. The summed E-state index contributed by atoms with van der Waals surface area (Å²) in [5.74, 6) is 1.51. The van der Waals surface area contributed by atoms with Crippen LogP contribution in [0, 0.1) is 13.8 Å². The number of nitrogens with zero attached hydrogens (tertiary/aromatic N) is 3. The summed E-state index contributed by atoms with van der Waals surface area (Å²) in [4.78, 5) is 16.4. The topological polar surface area (TPSA) is 85.6 Å². The highest BCUT2D eigenvalue weighted by Crippen LogP contribution is 2.19. The number of quaternary nitrogens is 2. The minimum Gasteiger partial charge on any atom is -0.368 e. The van der Waals surface area contributed by atoms with E-state index in [9.17, 15) is 0 Å². The van der Waals surface area contributed by atoms with Crippen LogP contribution in [0.25, 0.3) is 6.08 Å². The molecule has 1 saturated heterocycles. The number of nitrogens with two attached hydrogens (primary N) is 1. The highest BCUT2D eigenvalue weighted by molar-refractivity contribution is 5.59. The van der Waals surface area contributed by atoms with Gasteiger partial charge >= 0.3 is 0 Å². The maximum atomic E-state index is 5.98. The van der Waals surface area contributed by atoms with Crippen LogP contribution in [-0.4, -0.2) is 47.7 Å². The lowest BCUT2D eigenvalue weighted by molar-refractivity contribution is -1.02. The van der Waals surface area contributed by atoms with Crippen LogP contribution in [0.5, 0.6) is 0 Å². The summed E-state index contributed by atoms with van der Waals surface area (Å²) in [7, 11) is 0. The van der Waals surface area contributed by atoms with Crippen molar-refractivity contribution in [2.45, 2.75) is 20.4 Å². The largest absolute Gasteiger partial charge is 0.368 e. The Bertz CT molecular complexity index is 1060. The van der Waals surface area contributed by atoms with Gasteiger partial charge in [0.05, 0.1) is 6.54 Å². The fraction of sp³-hybridized carbons (Fsp3) is 0.320. The standard InChI is InChI=1S/C25H31N7/c1-19-10-11-22(20(2)17-19)27-25-29-23(28-24(26)30-25)18-32-15-13-31(14-16-32)12-6-9-21-7-4-3-5-8-21/h3-11,17H,12-16,18H2,1-2H3,(H3,26,27,28,29,30)/p+2/b9-6+. The molecule has 166 valence electrons. The van der Waals surface area contributed by atoms with Gasteiger partial charge in [-0.25, -0.2) is 0 Å². The number of nitrogens with one attached hydrogen (secondary N) is 3. The Morgan fingerprint density at radius 3 is 2.44 bits per heavy atom. The number of piperazine rings is 1. The molecule has 3 aromatic rings. The van der Waals surface area contributed by atoms with Crippen molar-refractivity contribution < 1.29 is 9.80 Å². The van der Waals surface area contributed by atoms with Crippen LogP contribution in [0.2, 0.25) is 0 Å². The zero-order chi connectivity index (χ0) is 22.3. The van der Waals surface area contributed by atoms with Gasteiger partial charge in [0.15, 0.2) is 5.82 Å². The molecule has 0 bridgehead atoms. The van der Waals surface area contributed by atoms with Gasteiger partial charge in [-0.1, -0.05) is 54.1 Å². The molecule has 2 aromatic carbocycles. The molecule has 2 heterocycles. The third-order valence-corrected chi connectivity index (χ3v) is 5.92. The van der Waals surface area contributed by atoms with Crippen molar-refractivity contribution >= 4 is 23.7 Å². The normalized spacial score (nSPS) is 18.7. The quantitative estimate of drug-likeness (QED) is 0.445. The van der Waals surface area contributed by atoms with Crippen LogP contribution in [0.4, 0.5) is 17.6 Å². The molecular formula is C25H33N7+2. The number of aromatic nitrogens is 3. The van der Waals surface area contributed by atoms with Crippen LogP contribution in [0.15, 0.2) is 54.6 Å². The van der Waals surface area contributed by atoms with Gasteiger partial charge in [-0.15, -0.1) is 0 Å². The van der Waals surface area contributed by atoms with Crippen LogP contribution >= 0.6 is 0 Å². The maximum Gasteiger partial charge on any atom is 0.232 e. The summed E-state index contributed by atoms with van der Waals surface area (Å²) >= 11 is 0. The SMILES string of the molecule is Cc1ccc(Nc2nc(N)nc(C[NH+]3CC[NH+](C/C=C/c4ccccc4)CC3)n2)c(C)c1. The first-order valence-electron chi connectivity index (χ1n) is 11.3. The number of hydrogen-bond donors (Lipinski definition) is 4. The van der Waals surface area contributed by atoms with Gasteiger partial charge in [0.2, 0.25) is 11.9 Å². The molecule has 0 saturated carbocycles. The smallest absolute Gasteiger partial charge is 0.232 e. The van der Waals surface area contributed by atoms with Crippen molar-refractivity contribution in [2.75, 3.05) is 43.8 Å². The number of rotatable bonds is 7. The number of nitrogen functional groups attached to an aromatic ring is 1. The molecule has 0 aliphatic carbocycles. The monoisotopic (exact) mass is 431 g/mol. The average molecular weight is 432 g/mol. The summed E-state index contributed by atoms with van der Waals surface area (Å²) in [6, 6.07) is 16.7. The van der Waals surface area contributed by atoms with Crippen molar-refractivity contribution in [3.8, 4) is 0 Å². The molecular weight excluding hydrogens is 398 g/mol. The van der Waals surface area contributed by atoms with Gasteiger partial charge in [0.1, 0.15) is 32.7 Å². The Morgan fingerprint density at radius 2 is 1.69 bits per heavy atom. The van der Waals surface area contributed by atoms with E-state index in [1.807, 2.05) is 12.1 Å². The Hall–Kier alpha value is -3.29. The zero-order valence-electron chi connectivity index (χ0n) is 18.9. The molecule has 0 radical (unpaired) electrons. The molecule has 4 rings (SSSR count). The van der Waals surface area contributed by atoms with Crippen LogP contribution in [-0.2, 0) is 6.54 Å². The Morgan fingerprint density at radius 1 is 0.938 bits per heavy atom. The highest BCUT2D eigenvalue weighted by atomic mass is 15.3. The van der Waals surface area contributed by atoms with Crippen LogP contribution < -0.4 is 20.9 Å². The van der Waals surface area contributed by atoms with E-state index < -0.39 is 0 Å². The molecule has 0 unspecified atom stereocenters. The summed E-state index contributed by atoms with van der Waals surface area (Å²) in [6.45, 7) is 10.5. The second-order valence-electron chi connectivity index (χ2n) is 8.57. The van der Waals surface area contributed by atoms with Gasteiger partial charge in [0, 0.05) is 5.69 Å². The lowest BCUT2D eigenvalue weighted by Crippen LogP contribution is -3.27. The second-order valence-corrected chi connectivity index (χ2v) is 8.57. The fourth-order valence-electron chi connectivity index (χ4n) is 4.13. The van der Waals surface area contributed by atoms with Gasteiger partial charge in [-0.3, -0.25) is 0 Å². The molecule has 1 aliphatic rings. The maximum absolute atomic E-state index is 5.98. The van der Waals surface area contributed by atoms with E-state index in [1.165, 1.54) is 16.0 Å². The summed E-state index contributed by atoms with van der Waals surface area (Å²) in [5.41, 5.74) is 10.6. The van der Waals surface area contributed by atoms with E-state index in [2.05, 4.69) is 82.7 Å². The highest BCUT2D eigenvalue weighted by Gasteiger charge is 2.23. The Kier molecular flexibility index (Phi) is 7.09. The minimum absolute atomic E-state index is 0.261. The zero-order valence-corrected chi connectivity index (χ0v) is 18.9. The fourth-order valence-corrected chi connectivity index (χ4v) is 4.13. The summed E-state index contributed by atoms with van der Waals surface area (Å²) < 4.78 is 0. The Balaban J connectivity index is 1.30. The third kappa shape index (κ3) is 6.12. The molecule has 5 N–H and O–H groups in total. The molecule has 0 amide bonds. The molecule has 1 aliphatic heterocycles. The molecule has 1 fully saturated rings. The molecule has 0 atom stereocenters. The summed E-state index contributed by atoms with van der Waals surface area (Å²) in [6.07, 6.45) is 4.50. The van der Waals surface area contributed by atoms with E-state index >= 15 is 0 Å². The van der Waals surface area contributed by atoms with Crippen molar-refractivity contribution in [2.24, 2.45) is 0 Å². The van der Waals surface area contributed by atoms with Gasteiger partial charge in [-0.2, -0.15) is 15.0 Å². The summed E-state index contributed by atoms with van der Waals surface area (Å²) in [5, 5.41) is 3.30. The predicted molar refractivity (Wildman–Crippen MR) is 129 cm³/mol. The van der Waals surface area contributed by atoms with Crippen molar-refractivity contribution in [3.63, 3.8) is 0 Å². The van der Waals surface area contributed by atoms with E-state index in [4.69, 9.17) is 5.73 Å². The van der Waals surface area contributed by atoms with E-state index in [1.54, 1.807) is 4.90 Å². The lowest BCUT2D eigenvalue weighted by atomic mass is 10.1.